The van der Waals surface area contributed by atoms with Gasteiger partial charge in [-0.2, -0.15) is 0 Å². The van der Waals surface area contributed by atoms with Crippen LogP contribution in [-0.4, -0.2) is 10.1 Å². The molecule has 0 heterocycles. The van der Waals surface area contributed by atoms with E-state index in [1.165, 1.54) is 0 Å². The van der Waals surface area contributed by atoms with E-state index in [9.17, 15) is 0 Å². The molecule has 0 bridgehead atoms. The minimum atomic E-state index is 0.208. The van der Waals surface area contributed by atoms with Crippen LogP contribution in [0.5, 0.6) is 5.75 Å². The van der Waals surface area contributed by atoms with Crippen LogP contribution >= 0.6 is 12.2 Å². The summed E-state index contributed by atoms with van der Waals surface area (Å²) in [5, 5.41) is 9.05. The predicted octanol–water partition coefficient (Wildman–Crippen LogP) is 1.86. The van der Waals surface area contributed by atoms with Gasteiger partial charge in [0.2, 0.25) is 0 Å². The third kappa shape index (κ3) is 3.03. The Morgan fingerprint density at radius 1 is 1.46 bits per heavy atom. The first-order chi connectivity index (χ1) is 6.09. The molecule has 1 rings (SSSR count). The third-order valence-corrected chi connectivity index (χ3v) is 2.37. The highest BCUT2D eigenvalue weighted by Crippen LogP contribution is 2.13. The summed E-state index contributed by atoms with van der Waals surface area (Å²) in [4.78, 5) is 0.535. The van der Waals surface area contributed by atoms with Gasteiger partial charge in [-0.05, 0) is 24.1 Å². The van der Waals surface area contributed by atoms with Gasteiger partial charge in [0.05, 0.1) is 4.99 Å². The maximum atomic E-state index is 9.05. The van der Waals surface area contributed by atoms with Crippen LogP contribution < -0.4 is 5.73 Å². The molecule has 0 aliphatic carbocycles. The molecule has 0 spiro atoms. The number of rotatable bonds is 3. The number of benzene rings is 1. The summed E-state index contributed by atoms with van der Waals surface area (Å²) in [5.41, 5.74) is 6.63. The summed E-state index contributed by atoms with van der Waals surface area (Å²) < 4.78 is 0. The van der Waals surface area contributed by atoms with Gasteiger partial charge in [-0.25, -0.2) is 0 Å². The highest BCUT2D eigenvalue weighted by molar-refractivity contribution is 7.80. The smallest absolute Gasteiger partial charge is 0.115 e. The molecular weight excluding hydrogens is 182 g/mol. The van der Waals surface area contributed by atoms with Gasteiger partial charge in [0, 0.05) is 5.92 Å². The van der Waals surface area contributed by atoms with E-state index in [4.69, 9.17) is 23.1 Å². The third-order valence-electron chi connectivity index (χ3n) is 1.96. The van der Waals surface area contributed by atoms with E-state index < -0.39 is 0 Å². The lowest BCUT2D eigenvalue weighted by atomic mass is 10.0. The molecule has 0 radical (unpaired) electrons. The molecule has 0 fully saturated rings. The highest BCUT2D eigenvalue weighted by atomic mass is 32.1. The standard InChI is InChI=1S/C10H13NOS/c1-7(10(11)13)6-8-2-4-9(12)5-3-8/h2-5,7,12H,6H2,1H3,(H2,11,13). The van der Waals surface area contributed by atoms with Crippen molar-refractivity contribution in [2.45, 2.75) is 13.3 Å². The van der Waals surface area contributed by atoms with Gasteiger partial charge in [-0.1, -0.05) is 31.3 Å². The van der Waals surface area contributed by atoms with Crippen LogP contribution in [0.3, 0.4) is 0 Å². The Hall–Kier alpha value is -1.09. The minimum Gasteiger partial charge on any atom is -0.508 e. The van der Waals surface area contributed by atoms with Crippen molar-refractivity contribution in [3.05, 3.63) is 29.8 Å². The van der Waals surface area contributed by atoms with Gasteiger partial charge in [-0.15, -0.1) is 0 Å². The fourth-order valence-electron chi connectivity index (χ4n) is 1.09. The summed E-state index contributed by atoms with van der Waals surface area (Å²) in [6, 6.07) is 7.09. The monoisotopic (exact) mass is 195 g/mol. The molecule has 1 unspecified atom stereocenters. The summed E-state index contributed by atoms with van der Waals surface area (Å²) >= 11 is 4.87. The van der Waals surface area contributed by atoms with Crippen LogP contribution in [0.15, 0.2) is 24.3 Å². The quantitative estimate of drug-likeness (QED) is 0.724. The van der Waals surface area contributed by atoms with Crippen molar-refractivity contribution in [3.63, 3.8) is 0 Å². The first-order valence-electron chi connectivity index (χ1n) is 4.17. The van der Waals surface area contributed by atoms with Crippen LogP contribution in [0, 0.1) is 5.92 Å². The van der Waals surface area contributed by atoms with Crippen LogP contribution in [0.2, 0.25) is 0 Å². The van der Waals surface area contributed by atoms with Crippen molar-refractivity contribution >= 4 is 17.2 Å². The number of phenols is 1. The maximum Gasteiger partial charge on any atom is 0.115 e. The van der Waals surface area contributed by atoms with Crippen molar-refractivity contribution in [2.75, 3.05) is 0 Å². The van der Waals surface area contributed by atoms with Crippen molar-refractivity contribution in [3.8, 4) is 5.75 Å². The lowest BCUT2D eigenvalue weighted by Crippen LogP contribution is -2.20. The van der Waals surface area contributed by atoms with Crippen LogP contribution in [0.4, 0.5) is 0 Å². The predicted molar refractivity (Wildman–Crippen MR) is 57.8 cm³/mol. The molecule has 0 saturated carbocycles. The average Bonchev–Trinajstić information content (AvgIpc) is 2.08. The summed E-state index contributed by atoms with van der Waals surface area (Å²) in [6.45, 7) is 2.00. The average molecular weight is 195 g/mol. The molecule has 0 amide bonds. The molecule has 13 heavy (non-hydrogen) atoms. The summed E-state index contributed by atoms with van der Waals surface area (Å²) in [5.74, 6) is 0.492. The van der Waals surface area contributed by atoms with Crippen molar-refractivity contribution < 1.29 is 5.11 Å². The van der Waals surface area contributed by atoms with Gasteiger partial charge in [0.15, 0.2) is 0 Å². The minimum absolute atomic E-state index is 0.208. The number of thiocarbonyl (C=S) groups is 1. The Kier molecular flexibility index (Phi) is 3.25. The van der Waals surface area contributed by atoms with Gasteiger partial charge < -0.3 is 10.8 Å². The topological polar surface area (TPSA) is 46.2 Å². The number of hydrogen-bond acceptors (Lipinski definition) is 2. The van der Waals surface area contributed by atoms with Crippen molar-refractivity contribution in [2.24, 2.45) is 11.7 Å². The molecule has 0 aliphatic rings. The zero-order valence-electron chi connectivity index (χ0n) is 7.53. The van der Waals surface area contributed by atoms with E-state index in [-0.39, 0.29) is 11.7 Å². The molecule has 1 atom stereocenters. The second kappa shape index (κ2) is 4.23. The lowest BCUT2D eigenvalue weighted by molar-refractivity contribution is 0.475. The Balaban J connectivity index is 2.64. The molecule has 70 valence electrons. The van der Waals surface area contributed by atoms with E-state index in [2.05, 4.69) is 0 Å². The lowest BCUT2D eigenvalue weighted by Gasteiger charge is -2.08. The number of hydrogen-bond donors (Lipinski definition) is 2. The van der Waals surface area contributed by atoms with Crippen LogP contribution in [0.1, 0.15) is 12.5 Å². The molecule has 1 aromatic carbocycles. The van der Waals surface area contributed by atoms with E-state index in [0.29, 0.717) is 4.99 Å². The molecule has 3 N–H and O–H groups in total. The van der Waals surface area contributed by atoms with Gasteiger partial charge >= 0.3 is 0 Å². The van der Waals surface area contributed by atoms with Crippen LogP contribution in [0.25, 0.3) is 0 Å². The largest absolute Gasteiger partial charge is 0.508 e. The molecule has 0 saturated heterocycles. The molecule has 1 aromatic rings. The molecular formula is C10H13NOS. The van der Waals surface area contributed by atoms with E-state index in [1.54, 1.807) is 12.1 Å². The zero-order valence-corrected chi connectivity index (χ0v) is 8.34. The Bertz CT molecular complexity index is 294. The fourth-order valence-corrected chi connectivity index (χ4v) is 1.17. The van der Waals surface area contributed by atoms with E-state index in [0.717, 1.165) is 12.0 Å². The van der Waals surface area contributed by atoms with Crippen molar-refractivity contribution in [1.29, 1.82) is 0 Å². The molecule has 0 aromatic heterocycles. The fraction of sp³-hybridized carbons (Fsp3) is 0.300. The Morgan fingerprint density at radius 2 is 2.00 bits per heavy atom. The van der Waals surface area contributed by atoms with Crippen LogP contribution in [-0.2, 0) is 6.42 Å². The first kappa shape index (κ1) is 9.99. The zero-order chi connectivity index (χ0) is 9.84. The first-order valence-corrected chi connectivity index (χ1v) is 4.57. The second-order valence-corrected chi connectivity index (χ2v) is 3.65. The Labute approximate surface area is 83.4 Å². The normalized spacial score (nSPS) is 12.4. The Morgan fingerprint density at radius 3 is 2.46 bits per heavy atom. The molecule has 0 aliphatic heterocycles. The molecule has 2 nitrogen and oxygen atoms in total. The second-order valence-electron chi connectivity index (χ2n) is 3.17. The van der Waals surface area contributed by atoms with Gasteiger partial charge in [-0.3, -0.25) is 0 Å². The highest BCUT2D eigenvalue weighted by Gasteiger charge is 2.05. The SMILES string of the molecule is CC(Cc1ccc(O)cc1)C(N)=S. The summed E-state index contributed by atoms with van der Waals surface area (Å²) in [6.07, 6.45) is 0.829. The van der Waals surface area contributed by atoms with Crippen molar-refractivity contribution in [1.82, 2.24) is 0 Å². The van der Waals surface area contributed by atoms with Gasteiger partial charge in [0.1, 0.15) is 5.75 Å². The van der Waals surface area contributed by atoms with E-state index >= 15 is 0 Å². The number of phenolic OH excluding ortho intramolecular Hbond substituents is 1. The maximum absolute atomic E-state index is 9.05. The molecule has 3 heteroatoms. The number of aromatic hydroxyl groups is 1. The number of nitrogens with two attached hydrogens (primary N) is 1. The van der Waals surface area contributed by atoms with Gasteiger partial charge in [0.25, 0.3) is 0 Å². The summed E-state index contributed by atoms with van der Waals surface area (Å²) in [7, 11) is 0. The van der Waals surface area contributed by atoms with E-state index in [1.807, 2.05) is 19.1 Å².